The molecule has 0 aliphatic rings. The molecule has 0 unspecified atom stereocenters. The van der Waals surface area contributed by atoms with Crippen molar-refractivity contribution in [2.45, 2.75) is 6.92 Å². The molecule has 0 radical (unpaired) electrons. The molecule has 26 heavy (non-hydrogen) atoms. The second kappa shape index (κ2) is 8.11. The van der Waals surface area contributed by atoms with Gasteiger partial charge in [-0.3, -0.25) is 10.1 Å². The summed E-state index contributed by atoms with van der Waals surface area (Å²) in [5.41, 5.74) is 0.971. The minimum atomic E-state index is -0.657. The molecule has 3 rings (SSSR count). The molecule has 0 aliphatic heterocycles. The number of nitrogens with zero attached hydrogens (tertiary/aromatic N) is 2. The Morgan fingerprint density at radius 3 is 2.88 bits per heavy atom. The number of carbonyl (C=O) groups is 2. The third kappa shape index (κ3) is 4.47. The first-order valence-corrected chi connectivity index (χ1v) is 8.86. The first-order valence-electron chi connectivity index (χ1n) is 7.67. The Morgan fingerprint density at radius 1 is 1.27 bits per heavy atom. The lowest BCUT2D eigenvalue weighted by molar-refractivity contribution is -0.119. The number of anilines is 1. The molecule has 134 valence electrons. The van der Waals surface area contributed by atoms with Gasteiger partial charge in [-0.05, 0) is 37.3 Å². The molecule has 0 spiro atoms. The Balaban J connectivity index is 1.59. The second-order valence-electron chi connectivity index (χ2n) is 5.07. The summed E-state index contributed by atoms with van der Waals surface area (Å²) in [6.07, 6.45) is 1.39. The zero-order valence-electron chi connectivity index (χ0n) is 13.7. The predicted molar refractivity (Wildman–Crippen MR) is 98.9 cm³/mol. The highest BCUT2D eigenvalue weighted by Crippen LogP contribution is 2.29. The summed E-state index contributed by atoms with van der Waals surface area (Å²) in [7, 11) is 0. The number of rotatable bonds is 6. The molecule has 1 N–H and O–H groups in total. The number of aromatic nitrogens is 2. The summed E-state index contributed by atoms with van der Waals surface area (Å²) in [6.45, 7) is 2.05. The van der Waals surface area contributed by atoms with Crippen molar-refractivity contribution in [2.75, 3.05) is 18.5 Å². The van der Waals surface area contributed by atoms with Crippen molar-refractivity contribution in [3.8, 4) is 5.75 Å². The fraction of sp³-hybridized carbons (Fsp3) is 0.176. The highest BCUT2D eigenvalue weighted by molar-refractivity contribution is 7.22. The number of nitrogens with one attached hydrogen (secondary N) is 1. The van der Waals surface area contributed by atoms with Crippen LogP contribution in [0.25, 0.3) is 10.2 Å². The van der Waals surface area contributed by atoms with E-state index in [1.165, 1.54) is 29.7 Å². The van der Waals surface area contributed by atoms with E-state index in [9.17, 15) is 9.59 Å². The predicted octanol–water partition coefficient (Wildman–Crippen LogP) is 3.54. The maximum absolute atomic E-state index is 12.0. The van der Waals surface area contributed by atoms with Crippen molar-refractivity contribution >= 4 is 50.2 Å². The van der Waals surface area contributed by atoms with Crippen LogP contribution in [0.4, 0.5) is 5.13 Å². The molecule has 0 atom stereocenters. The van der Waals surface area contributed by atoms with Crippen LogP contribution in [0, 0.1) is 0 Å². The third-order valence-corrected chi connectivity index (χ3v) is 4.35. The molecule has 0 aliphatic carbocycles. The lowest BCUT2D eigenvalue weighted by Gasteiger charge is -2.04. The number of thiazole rings is 1. The summed E-state index contributed by atoms with van der Waals surface area (Å²) in [6, 6.07) is 8.32. The minimum absolute atomic E-state index is 0.171. The van der Waals surface area contributed by atoms with E-state index in [1.807, 2.05) is 25.1 Å². The van der Waals surface area contributed by atoms with Gasteiger partial charge in [-0.1, -0.05) is 22.9 Å². The average Bonchev–Trinajstić information content (AvgIpc) is 3.01. The van der Waals surface area contributed by atoms with E-state index in [-0.39, 0.29) is 10.7 Å². The van der Waals surface area contributed by atoms with Crippen molar-refractivity contribution in [3.63, 3.8) is 0 Å². The van der Waals surface area contributed by atoms with E-state index in [0.717, 1.165) is 16.0 Å². The number of hydrogen-bond donors (Lipinski definition) is 1. The number of esters is 1. The van der Waals surface area contributed by atoms with Crippen LogP contribution in [0.15, 0.2) is 36.5 Å². The van der Waals surface area contributed by atoms with Crippen LogP contribution in [-0.2, 0) is 9.53 Å². The third-order valence-electron chi connectivity index (χ3n) is 3.21. The van der Waals surface area contributed by atoms with Gasteiger partial charge in [0.25, 0.3) is 5.91 Å². The van der Waals surface area contributed by atoms with E-state index in [4.69, 9.17) is 21.1 Å². The second-order valence-corrected chi connectivity index (χ2v) is 6.49. The monoisotopic (exact) mass is 391 g/mol. The zero-order valence-corrected chi connectivity index (χ0v) is 15.3. The first-order chi connectivity index (χ1) is 12.5. The van der Waals surface area contributed by atoms with Crippen molar-refractivity contribution in [1.29, 1.82) is 0 Å². The van der Waals surface area contributed by atoms with Gasteiger partial charge in [-0.15, -0.1) is 0 Å². The number of amides is 1. The van der Waals surface area contributed by atoms with Gasteiger partial charge in [0.2, 0.25) is 0 Å². The molecule has 9 heteroatoms. The fourth-order valence-electron chi connectivity index (χ4n) is 2.11. The number of hydrogen-bond acceptors (Lipinski definition) is 7. The Morgan fingerprint density at radius 2 is 2.12 bits per heavy atom. The highest BCUT2D eigenvalue weighted by Gasteiger charge is 2.13. The van der Waals surface area contributed by atoms with Crippen molar-refractivity contribution < 1.29 is 19.1 Å². The van der Waals surface area contributed by atoms with Crippen LogP contribution in [0.2, 0.25) is 5.15 Å². The van der Waals surface area contributed by atoms with Gasteiger partial charge in [-0.2, -0.15) is 0 Å². The number of carbonyl (C=O) groups excluding carboxylic acids is 2. The van der Waals surface area contributed by atoms with Crippen molar-refractivity contribution in [1.82, 2.24) is 9.97 Å². The number of ether oxygens (including phenoxy) is 2. The summed E-state index contributed by atoms with van der Waals surface area (Å²) in [5, 5.41) is 3.20. The summed E-state index contributed by atoms with van der Waals surface area (Å²) in [4.78, 5) is 31.9. The van der Waals surface area contributed by atoms with Gasteiger partial charge in [-0.25, -0.2) is 14.8 Å². The molecule has 1 amide bonds. The van der Waals surface area contributed by atoms with Gasteiger partial charge < -0.3 is 9.47 Å². The minimum Gasteiger partial charge on any atom is -0.494 e. The topological polar surface area (TPSA) is 90.4 Å². The van der Waals surface area contributed by atoms with Gasteiger partial charge in [0, 0.05) is 6.20 Å². The van der Waals surface area contributed by atoms with Crippen LogP contribution >= 0.6 is 22.9 Å². The maximum atomic E-state index is 12.0. The van der Waals surface area contributed by atoms with Gasteiger partial charge >= 0.3 is 5.97 Å². The van der Waals surface area contributed by atoms with Crippen molar-refractivity contribution in [3.05, 3.63) is 47.2 Å². The largest absolute Gasteiger partial charge is 0.494 e. The van der Waals surface area contributed by atoms with Crippen LogP contribution in [0.1, 0.15) is 17.3 Å². The van der Waals surface area contributed by atoms with E-state index in [1.54, 1.807) is 0 Å². The zero-order chi connectivity index (χ0) is 18.5. The summed E-state index contributed by atoms with van der Waals surface area (Å²) < 4.78 is 11.3. The molecule has 0 saturated carbocycles. The van der Waals surface area contributed by atoms with Crippen molar-refractivity contribution in [2.24, 2.45) is 0 Å². The first kappa shape index (κ1) is 18.1. The molecule has 2 aromatic heterocycles. The standard InChI is InChI=1S/C17H14ClN3O4S/c1-2-24-11-3-4-12-13(8-11)26-17(20-12)21-15(22)9-25-16(23)10-5-6-19-14(18)7-10/h3-8H,2,9H2,1H3,(H,20,21,22). The Bertz CT molecular complexity index is 960. The molecule has 1 aromatic carbocycles. The maximum Gasteiger partial charge on any atom is 0.338 e. The van der Waals surface area contributed by atoms with Gasteiger partial charge in [0.1, 0.15) is 10.9 Å². The number of benzene rings is 1. The average molecular weight is 392 g/mol. The summed E-state index contributed by atoms with van der Waals surface area (Å²) >= 11 is 7.02. The summed E-state index contributed by atoms with van der Waals surface area (Å²) in [5.74, 6) is -0.399. The Labute approximate surface area is 157 Å². The SMILES string of the molecule is CCOc1ccc2nc(NC(=O)COC(=O)c3ccnc(Cl)c3)sc2c1. The molecule has 0 saturated heterocycles. The molecular weight excluding hydrogens is 378 g/mol. The van der Waals surface area contributed by atoms with E-state index >= 15 is 0 Å². The van der Waals surface area contributed by atoms with Crippen LogP contribution in [0.3, 0.4) is 0 Å². The lowest BCUT2D eigenvalue weighted by atomic mass is 10.3. The van der Waals surface area contributed by atoms with E-state index in [2.05, 4.69) is 15.3 Å². The number of fused-ring (bicyclic) bond motifs is 1. The number of pyridine rings is 1. The molecule has 0 bridgehead atoms. The smallest absolute Gasteiger partial charge is 0.338 e. The van der Waals surface area contributed by atoms with Crippen LogP contribution < -0.4 is 10.1 Å². The van der Waals surface area contributed by atoms with Gasteiger partial charge in [0.05, 0.1) is 22.4 Å². The molecule has 3 aromatic rings. The van der Waals surface area contributed by atoms with E-state index in [0.29, 0.717) is 11.7 Å². The molecular formula is C17H14ClN3O4S. The van der Waals surface area contributed by atoms with E-state index < -0.39 is 18.5 Å². The fourth-order valence-corrected chi connectivity index (χ4v) is 3.20. The van der Waals surface area contributed by atoms with Crippen LogP contribution in [0.5, 0.6) is 5.75 Å². The molecule has 2 heterocycles. The van der Waals surface area contributed by atoms with Gasteiger partial charge in [0.15, 0.2) is 11.7 Å². The highest BCUT2D eigenvalue weighted by atomic mass is 35.5. The lowest BCUT2D eigenvalue weighted by Crippen LogP contribution is -2.20. The molecule has 0 fully saturated rings. The van der Waals surface area contributed by atoms with Crippen LogP contribution in [-0.4, -0.2) is 35.1 Å². The molecule has 7 nitrogen and oxygen atoms in total. The Hall–Kier alpha value is -2.71. The normalized spacial score (nSPS) is 10.5. The quantitative estimate of drug-likeness (QED) is 0.510. The number of halogens is 1. The Kier molecular flexibility index (Phi) is 5.65.